The summed E-state index contributed by atoms with van der Waals surface area (Å²) in [4.78, 5) is 24.2. The van der Waals surface area contributed by atoms with Crippen molar-refractivity contribution < 1.29 is 18.7 Å². The topological polar surface area (TPSA) is 68.5 Å². The van der Waals surface area contributed by atoms with E-state index in [1.54, 1.807) is 19.1 Å². The lowest BCUT2D eigenvalue weighted by Crippen LogP contribution is -2.36. The number of fused-ring (bicyclic) bond motifs is 1. The number of carbonyl (C=O) groups is 2. The first-order valence-electron chi connectivity index (χ1n) is 8.14. The van der Waals surface area contributed by atoms with E-state index >= 15 is 0 Å². The lowest BCUT2D eigenvalue weighted by molar-refractivity contribution is -0.129. The Morgan fingerprint density at radius 1 is 1.08 bits per heavy atom. The number of esters is 1. The zero-order valence-corrected chi connectivity index (χ0v) is 13.9. The van der Waals surface area contributed by atoms with E-state index in [-0.39, 0.29) is 11.7 Å². The zero-order chi connectivity index (χ0) is 17.6. The van der Waals surface area contributed by atoms with Crippen molar-refractivity contribution in [1.29, 1.82) is 0 Å². The summed E-state index contributed by atoms with van der Waals surface area (Å²) in [6.07, 6.45) is -0.173. The van der Waals surface area contributed by atoms with Crippen LogP contribution in [0.15, 0.2) is 65.1 Å². The number of benzene rings is 2. The Kier molecular flexibility index (Phi) is 5.14. The highest BCUT2D eigenvalue weighted by Gasteiger charge is 2.21. The van der Waals surface area contributed by atoms with Gasteiger partial charge in [0, 0.05) is 11.9 Å². The quantitative estimate of drug-likeness (QED) is 0.701. The van der Waals surface area contributed by atoms with Crippen LogP contribution < -0.4 is 5.32 Å². The van der Waals surface area contributed by atoms with Crippen LogP contribution >= 0.6 is 0 Å². The third-order valence-electron chi connectivity index (χ3n) is 3.84. The molecule has 1 N–H and O–H groups in total. The van der Waals surface area contributed by atoms with Crippen LogP contribution in [0.5, 0.6) is 0 Å². The van der Waals surface area contributed by atoms with E-state index in [4.69, 9.17) is 9.15 Å². The van der Waals surface area contributed by atoms with Crippen LogP contribution in [0, 0.1) is 0 Å². The summed E-state index contributed by atoms with van der Waals surface area (Å²) in [5, 5.41) is 3.58. The molecule has 0 unspecified atom stereocenters. The van der Waals surface area contributed by atoms with Gasteiger partial charge < -0.3 is 14.5 Å². The molecule has 5 nitrogen and oxygen atoms in total. The number of hydrogen-bond acceptors (Lipinski definition) is 4. The second-order valence-corrected chi connectivity index (χ2v) is 5.72. The molecule has 0 saturated heterocycles. The van der Waals surface area contributed by atoms with E-state index in [9.17, 15) is 9.59 Å². The SMILES string of the molecule is C[C@H](OC(=O)c1cc2ccccc2o1)C(=O)NCCc1ccccc1. The van der Waals surface area contributed by atoms with Crippen LogP contribution in [0.2, 0.25) is 0 Å². The fourth-order valence-corrected chi connectivity index (χ4v) is 2.47. The number of furan rings is 1. The van der Waals surface area contributed by atoms with Crippen molar-refractivity contribution in [1.82, 2.24) is 5.32 Å². The first-order chi connectivity index (χ1) is 12.1. The van der Waals surface area contributed by atoms with Gasteiger partial charge in [0.1, 0.15) is 5.58 Å². The van der Waals surface area contributed by atoms with Crippen LogP contribution in [-0.4, -0.2) is 24.5 Å². The molecule has 0 spiro atoms. The summed E-state index contributed by atoms with van der Waals surface area (Å²) >= 11 is 0. The molecule has 0 aliphatic carbocycles. The maximum atomic E-state index is 12.1. The van der Waals surface area contributed by atoms with E-state index in [0.717, 1.165) is 17.4 Å². The Balaban J connectivity index is 1.51. The predicted octanol–water partition coefficient (Wildman–Crippen LogP) is 3.34. The maximum absolute atomic E-state index is 12.1. The van der Waals surface area contributed by atoms with Crippen molar-refractivity contribution in [3.63, 3.8) is 0 Å². The van der Waals surface area contributed by atoms with Crippen molar-refractivity contribution >= 4 is 22.8 Å². The number of amides is 1. The monoisotopic (exact) mass is 337 g/mol. The standard InChI is InChI=1S/C20H19NO4/c1-14(19(22)21-12-11-15-7-3-2-4-8-15)24-20(23)18-13-16-9-5-6-10-17(16)25-18/h2-10,13-14H,11-12H2,1H3,(H,21,22)/t14-/m0/s1. The summed E-state index contributed by atoms with van der Waals surface area (Å²) in [7, 11) is 0. The molecule has 0 aliphatic heterocycles. The fraction of sp³-hybridized carbons (Fsp3) is 0.200. The van der Waals surface area contributed by atoms with Crippen molar-refractivity contribution in [3.05, 3.63) is 72.0 Å². The van der Waals surface area contributed by atoms with Crippen LogP contribution in [-0.2, 0) is 16.0 Å². The molecule has 0 bridgehead atoms. The Morgan fingerprint density at radius 3 is 2.56 bits per heavy atom. The molecule has 2 aromatic carbocycles. The molecule has 0 saturated carbocycles. The third kappa shape index (κ3) is 4.26. The number of hydrogen-bond donors (Lipinski definition) is 1. The fourth-order valence-electron chi connectivity index (χ4n) is 2.47. The highest BCUT2D eigenvalue weighted by molar-refractivity contribution is 5.94. The molecule has 25 heavy (non-hydrogen) atoms. The van der Waals surface area contributed by atoms with Crippen molar-refractivity contribution in [2.24, 2.45) is 0 Å². The Labute approximate surface area is 145 Å². The van der Waals surface area contributed by atoms with Gasteiger partial charge in [0.2, 0.25) is 5.76 Å². The first-order valence-corrected chi connectivity index (χ1v) is 8.14. The number of carbonyl (C=O) groups excluding carboxylic acids is 2. The molecular formula is C20H19NO4. The zero-order valence-electron chi connectivity index (χ0n) is 13.9. The number of ether oxygens (including phenoxy) is 1. The minimum Gasteiger partial charge on any atom is -0.449 e. The molecule has 0 radical (unpaired) electrons. The first kappa shape index (κ1) is 16.8. The molecule has 128 valence electrons. The van der Waals surface area contributed by atoms with E-state index in [2.05, 4.69) is 5.32 Å². The molecule has 1 amide bonds. The van der Waals surface area contributed by atoms with E-state index in [1.165, 1.54) is 0 Å². The molecule has 1 aromatic heterocycles. The number of rotatable bonds is 6. The van der Waals surface area contributed by atoms with Gasteiger partial charge >= 0.3 is 5.97 Å². The number of para-hydroxylation sites is 1. The van der Waals surface area contributed by atoms with Crippen LogP contribution in [0.4, 0.5) is 0 Å². The molecule has 5 heteroatoms. The molecule has 0 fully saturated rings. The largest absolute Gasteiger partial charge is 0.449 e. The summed E-state index contributed by atoms with van der Waals surface area (Å²) in [5.74, 6) is -0.896. The number of nitrogens with one attached hydrogen (secondary N) is 1. The van der Waals surface area contributed by atoms with Gasteiger partial charge in [0.15, 0.2) is 6.10 Å². The van der Waals surface area contributed by atoms with E-state index < -0.39 is 12.1 Å². The van der Waals surface area contributed by atoms with Crippen LogP contribution in [0.3, 0.4) is 0 Å². The van der Waals surface area contributed by atoms with E-state index in [0.29, 0.717) is 12.1 Å². The van der Waals surface area contributed by atoms with Gasteiger partial charge in [-0.3, -0.25) is 4.79 Å². The second-order valence-electron chi connectivity index (χ2n) is 5.72. The lowest BCUT2D eigenvalue weighted by Gasteiger charge is -2.12. The Hall–Kier alpha value is -3.08. The lowest BCUT2D eigenvalue weighted by atomic mass is 10.1. The van der Waals surface area contributed by atoms with Gasteiger partial charge in [-0.05, 0) is 31.0 Å². The van der Waals surface area contributed by atoms with Gasteiger partial charge in [-0.2, -0.15) is 0 Å². The summed E-state index contributed by atoms with van der Waals surface area (Å²) < 4.78 is 10.6. The van der Waals surface area contributed by atoms with Crippen molar-refractivity contribution in [3.8, 4) is 0 Å². The predicted molar refractivity (Wildman–Crippen MR) is 94.2 cm³/mol. The third-order valence-corrected chi connectivity index (χ3v) is 3.84. The molecule has 0 aliphatic rings. The maximum Gasteiger partial charge on any atom is 0.375 e. The van der Waals surface area contributed by atoms with Gasteiger partial charge in [-0.15, -0.1) is 0 Å². The Bertz CT molecular complexity index is 837. The normalized spacial score (nSPS) is 11.9. The Morgan fingerprint density at radius 2 is 1.80 bits per heavy atom. The summed E-state index contributed by atoms with van der Waals surface area (Å²) in [5.41, 5.74) is 1.74. The second kappa shape index (κ2) is 7.66. The van der Waals surface area contributed by atoms with Crippen molar-refractivity contribution in [2.45, 2.75) is 19.4 Å². The average Bonchev–Trinajstić information content (AvgIpc) is 3.07. The van der Waals surface area contributed by atoms with E-state index in [1.807, 2.05) is 48.5 Å². The summed E-state index contributed by atoms with van der Waals surface area (Å²) in [6.45, 7) is 2.02. The minimum absolute atomic E-state index is 0.0881. The van der Waals surface area contributed by atoms with Gasteiger partial charge in [0.05, 0.1) is 0 Å². The van der Waals surface area contributed by atoms with Crippen molar-refractivity contribution in [2.75, 3.05) is 6.54 Å². The van der Waals surface area contributed by atoms with Crippen LogP contribution in [0.25, 0.3) is 11.0 Å². The molecule has 1 atom stereocenters. The average molecular weight is 337 g/mol. The summed E-state index contributed by atoms with van der Waals surface area (Å²) in [6, 6.07) is 18.7. The molecule has 1 heterocycles. The highest BCUT2D eigenvalue weighted by atomic mass is 16.6. The van der Waals surface area contributed by atoms with Crippen LogP contribution in [0.1, 0.15) is 23.0 Å². The highest BCUT2D eigenvalue weighted by Crippen LogP contribution is 2.19. The minimum atomic E-state index is -0.892. The molecular weight excluding hydrogens is 318 g/mol. The van der Waals surface area contributed by atoms with Gasteiger partial charge in [-0.1, -0.05) is 48.5 Å². The smallest absolute Gasteiger partial charge is 0.375 e. The molecule has 3 rings (SSSR count). The van der Waals surface area contributed by atoms with Gasteiger partial charge in [-0.25, -0.2) is 4.79 Å². The molecule has 3 aromatic rings. The van der Waals surface area contributed by atoms with Gasteiger partial charge in [0.25, 0.3) is 5.91 Å².